The molecule has 0 amide bonds. The SMILES string of the molecule is Br.Cc1nc2ccccc2n1C(CC(=O)SCC(=O)c1ccccc1)c1ccccc1. The normalized spacial score (nSPS) is 11.6. The molecule has 0 fully saturated rings. The molecule has 4 rings (SSSR count). The van der Waals surface area contributed by atoms with Crippen LogP contribution in [-0.4, -0.2) is 26.2 Å². The van der Waals surface area contributed by atoms with Crippen molar-refractivity contribution in [1.82, 2.24) is 9.55 Å². The summed E-state index contributed by atoms with van der Waals surface area (Å²) >= 11 is 1.09. The molecule has 1 unspecified atom stereocenters. The molecule has 0 N–H and O–H groups in total. The van der Waals surface area contributed by atoms with Gasteiger partial charge in [-0.1, -0.05) is 84.6 Å². The Labute approximate surface area is 196 Å². The Kier molecular flexibility index (Phi) is 7.82. The van der Waals surface area contributed by atoms with E-state index in [9.17, 15) is 9.59 Å². The Morgan fingerprint density at radius 1 is 0.903 bits per heavy atom. The van der Waals surface area contributed by atoms with Crippen LogP contribution in [0.5, 0.6) is 0 Å². The highest BCUT2D eigenvalue weighted by Gasteiger charge is 2.23. The molecule has 1 atom stereocenters. The number of imidazole rings is 1. The van der Waals surface area contributed by atoms with Crippen molar-refractivity contribution < 1.29 is 9.59 Å². The summed E-state index contributed by atoms with van der Waals surface area (Å²) in [6, 6.07) is 26.9. The van der Waals surface area contributed by atoms with Gasteiger partial charge in [0.25, 0.3) is 0 Å². The summed E-state index contributed by atoms with van der Waals surface area (Å²) in [5.41, 5.74) is 3.60. The number of carbonyl (C=O) groups is 2. The fourth-order valence-electron chi connectivity index (χ4n) is 3.66. The van der Waals surface area contributed by atoms with Crippen LogP contribution in [-0.2, 0) is 4.79 Å². The van der Waals surface area contributed by atoms with E-state index in [2.05, 4.69) is 9.55 Å². The minimum atomic E-state index is -0.176. The monoisotopic (exact) mass is 494 g/mol. The van der Waals surface area contributed by atoms with Gasteiger partial charge in [-0.3, -0.25) is 9.59 Å². The molecule has 4 nitrogen and oxygen atoms in total. The highest BCUT2D eigenvalue weighted by molar-refractivity contribution is 8.93. The van der Waals surface area contributed by atoms with Crippen molar-refractivity contribution in [1.29, 1.82) is 0 Å². The molecule has 0 saturated carbocycles. The van der Waals surface area contributed by atoms with Crippen LogP contribution in [0.3, 0.4) is 0 Å². The molecule has 0 radical (unpaired) electrons. The third-order valence-corrected chi connectivity index (χ3v) is 5.98. The van der Waals surface area contributed by atoms with Crippen molar-refractivity contribution in [3.63, 3.8) is 0 Å². The number of fused-ring (bicyclic) bond motifs is 1. The molecule has 0 aliphatic heterocycles. The van der Waals surface area contributed by atoms with Gasteiger partial charge in [0.05, 0.1) is 22.8 Å². The number of nitrogens with zero attached hydrogens (tertiary/aromatic N) is 2. The highest BCUT2D eigenvalue weighted by atomic mass is 79.9. The molecule has 0 saturated heterocycles. The Morgan fingerprint density at radius 2 is 1.52 bits per heavy atom. The van der Waals surface area contributed by atoms with Gasteiger partial charge in [-0.25, -0.2) is 4.98 Å². The minimum absolute atomic E-state index is 0. The lowest BCUT2D eigenvalue weighted by Crippen LogP contribution is -2.16. The molecule has 3 aromatic carbocycles. The summed E-state index contributed by atoms with van der Waals surface area (Å²) in [6.07, 6.45) is 0.290. The summed E-state index contributed by atoms with van der Waals surface area (Å²) in [5.74, 6) is 0.978. The summed E-state index contributed by atoms with van der Waals surface area (Å²) in [6.45, 7) is 1.96. The van der Waals surface area contributed by atoms with Crippen LogP contribution >= 0.6 is 28.7 Å². The number of hydrogen-bond donors (Lipinski definition) is 0. The molecule has 6 heteroatoms. The molecular weight excluding hydrogens is 472 g/mol. The predicted molar refractivity (Wildman–Crippen MR) is 132 cm³/mol. The Hall–Kier alpha value is -2.70. The lowest BCUT2D eigenvalue weighted by molar-refractivity contribution is -0.111. The van der Waals surface area contributed by atoms with Crippen molar-refractivity contribution >= 4 is 50.7 Å². The first-order chi connectivity index (χ1) is 14.6. The Balaban J connectivity index is 0.00000272. The van der Waals surface area contributed by atoms with Crippen LogP contribution in [0, 0.1) is 6.92 Å². The van der Waals surface area contributed by atoms with Gasteiger partial charge < -0.3 is 4.57 Å². The fourth-order valence-corrected chi connectivity index (χ4v) is 4.40. The molecular formula is C25H23BrN2O2S. The van der Waals surface area contributed by atoms with E-state index in [-0.39, 0.29) is 46.1 Å². The fraction of sp³-hybridized carbons (Fsp3) is 0.160. The van der Waals surface area contributed by atoms with E-state index in [0.717, 1.165) is 34.2 Å². The average molecular weight is 495 g/mol. The van der Waals surface area contributed by atoms with E-state index in [1.807, 2.05) is 79.7 Å². The molecule has 0 bridgehead atoms. The number of ketones is 1. The summed E-state index contributed by atoms with van der Waals surface area (Å²) < 4.78 is 2.13. The van der Waals surface area contributed by atoms with Gasteiger partial charge >= 0.3 is 0 Å². The maximum atomic E-state index is 12.9. The second kappa shape index (κ2) is 10.6. The van der Waals surface area contributed by atoms with Crippen LogP contribution in [0.15, 0.2) is 84.9 Å². The standard InChI is InChI=1S/C25H22N2O2S.BrH/c1-18-26-21-14-8-9-15-22(21)27(18)23(19-10-4-2-5-11-19)16-25(29)30-17-24(28)20-12-6-3-7-13-20;/h2-15,23H,16-17H2,1H3;1H. The van der Waals surface area contributed by atoms with Crippen LogP contribution < -0.4 is 0 Å². The molecule has 0 spiro atoms. The van der Waals surface area contributed by atoms with Gasteiger partial charge in [0.1, 0.15) is 5.82 Å². The zero-order chi connectivity index (χ0) is 20.9. The first kappa shape index (κ1) is 23.0. The number of Topliss-reactive ketones (excluding diaryl/α,β-unsaturated/α-hetero) is 1. The molecule has 4 aromatic rings. The first-order valence-electron chi connectivity index (χ1n) is 9.86. The van der Waals surface area contributed by atoms with Crippen molar-refractivity contribution in [3.05, 3.63) is 102 Å². The maximum absolute atomic E-state index is 12.9. The lowest BCUT2D eigenvalue weighted by atomic mass is 10.0. The van der Waals surface area contributed by atoms with E-state index >= 15 is 0 Å². The van der Waals surface area contributed by atoms with Gasteiger partial charge in [-0.2, -0.15) is 0 Å². The first-order valence-corrected chi connectivity index (χ1v) is 10.8. The van der Waals surface area contributed by atoms with Gasteiger partial charge in [0.2, 0.25) is 0 Å². The van der Waals surface area contributed by atoms with Crippen molar-refractivity contribution in [2.24, 2.45) is 0 Å². The summed E-state index contributed by atoms with van der Waals surface area (Å²) in [5, 5.41) is -0.00897. The second-order valence-electron chi connectivity index (χ2n) is 7.10. The summed E-state index contributed by atoms with van der Waals surface area (Å²) in [4.78, 5) is 29.9. The Morgan fingerprint density at radius 3 is 2.23 bits per heavy atom. The van der Waals surface area contributed by atoms with E-state index in [0.29, 0.717) is 5.56 Å². The second-order valence-corrected chi connectivity index (χ2v) is 8.13. The van der Waals surface area contributed by atoms with E-state index < -0.39 is 0 Å². The minimum Gasteiger partial charge on any atom is -0.320 e. The maximum Gasteiger partial charge on any atom is 0.191 e. The third-order valence-electron chi connectivity index (χ3n) is 5.09. The number of carbonyl (C=O) groups excluding carboxylic acids is 2. The molecule has 158 valence electrons. The smallest absolute Gasteiger partial charge is 0.191 e. The van der Waals surface area contributed by atoms with Gasteiger partial charge in [-0.15, -0.1) is 17.0 Å². The average Bonchev–Trinajstić information content (AvgIpc) is 3.12. The number of para-hydroxylation sites is 2. The number of aryl methyl sites for hydroxylation is 1. The number of rotatable bonds is 7. The van der Waals surface area contributed by atoms with E-state index in [1.165, 1.54) is 0 Å². The number of thioether (sulfide) groups is 1. The van der Waals surface area contributed by atoms with Crippen LogP contribution in [0.1, 0.15) is 34.2 Å². The van der Waals surface area contributed by atoms with Crippen LogP contribution in [0.2, 0.25) is 0 Å². The largest absolute Gasteiger partial charge is 0.320 e. The number of benzene rings is 3. The third kappa shape index (κ3) is 5.32. The van der Waals surface area contributed by atoms with Crippen molar-refractivity contribution in [2.45, 2.75) is 19.4 Å². The number of hydrogen-bond acceptors (Lipinski definition) is 4. The molecule has 1 heterocycles. The van der Waals surface area contributed by atoms with Gasteiger partial charge in [-0.05, 0) is 24.6 Å². The summed E-state index contributed by atoms with van der Waals surface area (Å²) in [7, 11) is 0. The van der Waals surface area contributed by atoms with Gasteiger partial charge in [0, 0.05) is 12.0 Å². The topological polar surface area (TPSA) is 52.0 Å². The molecule has 0 aliphatic carbocycles. The number of halogens is 1. The van der Waals surface area contributed by atoms with E-state index in [4.69, 9.17) is 0 Å². The quantitative estimate of drug-likeness (QED) is 0.293. The van der Waals surface area contributed by atoms with Gasteiger partial charge in [0.15, 0.2) is 10.9 Å². The number of aromatic nitrogens is 2. The lowest BCUT2D eigenvalue weighted by Gasteiger charge is -2.21. The van der Waals surface area contributed by atoms with Crippen molar-refractivity contribution in [3.8, 4) is 0 Å². The predicted octanol–water partition coefficient (Wildman–Crippen LogP) is 6.04. The zero-order valence-electron chi connectivity index (χ0n) is 17.1. The highest BCUT2D eigenvalue weighted by Crippen LogP contribution is 2.30. The molecule has 0 aliphatic rings. The zero-order valence-corrected chi connectivity index (χ0v) is 19.6. The van der Waals surface area contributed by atoms with E-state index in [1.54, 1.807) is 12.1 Å². The molecule has 31 heavy (non-hydrogen) atoms. The van der Waals surface area contributed by atoms with Crippen molar-refractivity contribution in [2.75, 3.05) is 5.75 Å². The molecule has 1 aromatic heterocycles. The van der Waals surface area contributed by atoms with Crippen LogP contribution in [0.4, 0.5) is 0 Å². The van der Waals surface area contributed by atoms with Crippen LogP contribution in [0.25, 0.3) is 11.0 Å². The Bertz CT molecular complexity index is 1180.